The van der Waals surface area contributed by atoms with Crippen LogP contribution in [0.15, 0.2) is 24.5 Å². The molecule has 3 aromatic rings. The summed E-state index contributed by atoms with van der Waals surface area (Å²) >= 11 is 0. The minimum absolute atomic E-state index is 0.166. The first-order valence-corrected chi connectivity index (χ1v) is 10.0. The highest BCUT2D eigenvalue weighted by Gasteiger charge is 2.25. The molecule has 30 heavy (non-hydrogen) atoms. The van der Waals surface area contributed by atoms with Crippen LogP contribution in [0.3, 0.4) is 0 Å². The lowest BCUT2D eigenvalue weighted by Gasteiger charge is -2.12. The van der Waals surface area contributed by atoms with Crippen LogP contribution in [0, 0.1) is 24.1 Å². The number of nitrogens with zero attached hydrogens (tertiary/aromatic N) is 2. The number of nitrogens with one attached hydrogen (secondary N) is 3. The normalized spacial score (nSPS) is 14.5. The molecular formula is C22H24FN5O2. The molecule has 0 bridgehead atoms. The SMILES string of the molecule is Cc1[nH]c2c(-c3ccc(F)cc3OCC3CC3)ncnc2c1C(=O)N[C@H](C)CC=N. The Hall–Kier alpha value is -3.29. The summed E-state index contributed by atoms with van der Waals surface area (Å²) in [5, 5.41) is 10.1. The van der Waals surface area contributed by atoms with Crippen molar-refractivity contribution in [3.05, 3.63) is 41.6 Å². The van der Waals surface area contributed by atoms with E-state index >= 15 is 0 Å². The Kier molecular flexibility index (Phi) is 5.48. The summed E-state index contributed by atoms with van der Waals surface area (Å²) < 4.78 is 19.8. The molecule has 1 amide bonds. The molecule has 0 saturated heterocycles. The predicted molar refractivity (Wildman–Crippen MR) is 113 cm³/mol. The highest BCUT2D eigenvalue weighted by Crippen LogP contribution is 2.36. The van der Waals surface area contributed by atoms with Gasteiger partial charge in [-0.15, -0.1) is 0 Å². The van der Waals surface area contributed by atoms with E-state index in [4.69, 9.17) is 10.1 Å². The molecule has 1 atom stereocenters. The Labute approximate surface area is 173 Å². The number of H-pyrrole nitrogens is 1. The van der Waals surface area contributed by atoms with E-state index in [0.29, 0.717) is 58.2 Å². The van der Waals surface area contributed by atoms with Crippen molar-refractivity contribution >= 4 is 23.2 Å². The molecule has 0 radical (unpaired) electrons. The number of aryl methyl sites for hydroxylation is 1. The van der Waals surface area contributed by atoms with Crippen molar-refractivity contribution in [2.45, 2.75) is 39.2 Å². The lowest BCUT2D eigenvalue weighted by molar-refractivity contribution is 0.0942. The number of carbonyl (C=O) groups is 1. The molecule has 2 heterocycles. The number of halogens is 1. The van der Waals surface area contributed by atoms with Gasteiger partial charge in [0.05, 0.1) is 17.7 Å². The van der Waals surface area contributed by atoms with Crippen LogP contribution >= 0.6 is 0 Å². The third-order valence-electron chi connectivity index (χ3n) is 5.22. The second-order valence-corrected chi connectivity index (χ2v) is 7.78. The number of carbonyl (C=O) groups excluding carboxylic acids is 1. The fourth-order valence-electron chi connectivity index (χ4n) is 3.44. The Balaban J connectivity index is 1.75. The van der Waals surface area contributed by atoms with Gasteiger partial charge >= 0.3 is 0 Å². The van der Waals surface area contributed by atoms with Crippen LogP contribution in [0.25, 0.3) is 22.3 Å². The Morgan fingerprint density at radius 2 is 2.23 bits per heavy atom. The standard InChI is InChI=1S/C22H24FN5O2/c1-12(7-8-24)27-22(29)18-13(2)28-21-19(25-11-26-20(18)21)16-6-5-15(23)9-17(16)30-10-14-3-4-14/h5-6,8-9,11-12,14,24,28H,3-4,7,10H2,1-2H3,(H,27,29)/t12-/m1/s1. The quantitative estimate of drug-likeness (QED) is 0.489. The first-order chi connectivity index (χ1) is 14.5. The molecule has 8 heteroatoms. The van der Waals surface area contributed by atoms with Gasteiger partial charge in [-0.05, 0) is 51.0 Å². The highest BCUT2D eigenvalue weighted by molar-refractivity contribution is 6.09. The second-order valence-electron chi connectivity index (χ2n) is 7.78. The van der Waals surface area contributed by atoms with Crippen molar-refractivity contribution in [3.8, 4) is 17.0 Å². The van der Waals surface area contributed by atoms with E-state index in [1.807, 2.05) is 6.92 Å². The molecule has 1 fully saturated rings. The molecule has 1 aliphatic carbocycles. The molecule has 2 aromatic heterocycles. The molecule has 1 aromatic carbocycles. The summed E-state index contributed by atoms with van der Waals surface area (Å²) in [6.07, 6.45) is 5.38. The fraction of sp³-hybridized carbons (Fsp3) is 0.364. The number of amides is 1. The first kappa shape index (κ1) is 20.0. The third kappa shape index (κ3) is 4.03. The van der Waals surface area contributed by atoms with Gasteiger partial charge in [0.15, 0.2) is 0 Å². The number of benzene rings is 1. The topological polar surface area (TPSA) is 104 Å². The molecule has 1 aliphatic rings. The maximum atomic E-state index is 13.9. The molecule has 0 unspecified atom stereocenters. The number of aromatic amines is 1. The van der Waals surface area contributed by atoms with Crippen molar-refractivity contribution in [1.82, 2.24) is 20.3 Å². The van der Waals surface area contributed by atoms with Gasteiger partial charge in [0, 0.05) is 29.8 Å². The molecule has 156 valence electrons. The largest absolute Gasteiger partial charge is 0.492 e. The van der Waals surface area contributed by atoms with Crippen LogP contribution in [-0.2, 0) is 0 Å². The van der Waals surface area contributed by atoms with Crippen molar-refractivity contribution < 1.29 is 13.9 Å². The van der Waals surface area contributed by atoms with E-state index in [0.717, 1.165) is 12.8 Å². The van der Waals surface area contributed by atoms with Crippen molar-refractivity contribution in [1.29, 1.82) is 5.41 Å². The number of fused-ring (bicyclic) bond motifs is 1. The van der Waals surface area contributed by atoms with E-state index in [2.05, 4.69) is 20.3 Å². The van der Waals surface area contributed by atoms with E-state index in [1.165, 1.54) is 24.7 Å². The first-order valence-electron chi connectivity index (χ1n) is 10.0. The minimum atomic E-state index is -0.377. The fourth-order valence-corrected chi connectivity index (χ4v) is 3.44. The van der Waals surface area contributed by atoms with E-state index in [1.54, 1.807) is 13.0 Å². The van der Waals surface area contributed by atoms with Gasteiger partial charge in [0.25, 0.3) is 5.91 Å². The highest BCUT2D eigenvalue weighted by atomic mass is 19.1. The Morgan fingerprint density at radius 1 is 1.43 bits per heavy atom. The molecular weight excluding hydrogens is 385 g/mol. The molecule has 3 N–H and O–H groups in total. The summed E-state index contributed by atoms with van der Waals surface area (Å²) in [7, 11) is 0. The monoisotopic (exact) mass is 409 g/mol. The van der Waals surface area contributed by atoms with Crippen LogP contribution in [0.2, 0.25) is 0 Å². The Morgan fingerprint density at radius 3 is 2.97 bits per heavy atom. The number of hydrogen-bond acceptors (Lipinski definition) is 5. The van der Waals surface area contributed by atoms with Gasteiger partial charge in [-0.3, -0.25) is 4.79 Å². The number of aromatic nitrogens is 3. The van der Waals surface area contributed by atoms with Gasteiger partial charge in [0.2, 0.25) is 0 Å². The molecule has 4 rings (SSSR count). The van der Waals surface area contributed by atoms with Crippen LogP contribution in [-0.4, -0.2) is 39.7 Å². The lowest BCUT2D eigenvalue weighted by Crippen LogP contribution is -2.33. The van der Waals surface area contributed by atoms with Crippen LogP contribution in [0.5, 0.6) is 5.75 Å². The van der Waals surface area contributed by atoms with E-state index < -0.39 is 0 Å². The molecule has 0 spiro atoms. The average Bonchev–Trinajstić information content (AvgIpc) is 3.46. The summed E-state index contributed by atoms with van der Waals surface area (Å²) in [6.45, 7) is 4.19. The van der Waals surface area contributed by atoms with Crippen LogP contribution < -0.4 is 10.1 Å². The van der Waals surface area contributed by atoms with Gasteiger partial charge in [-0.25, -0.2) is 14.4 Å². The van der Waals surface area contributed by atoms with Gasteiger partial charge in [0.1, 0.15) is 29.1 Å². The number of ether oxygens (including phenoxy) is 1. The van der Waals surface area contributed by atoms with Crippen molar-refractivity contribution in [3.63, 3.8) is 0 Å². The minimum Gasteiger partial charge on any atom is -0.492 e. The molecule has 0 aliphatic heterocycles. The second kappa shape index (κ2) is 8.22. The Bertz CT molecular complexity index is 1110. The zero-order chi connectivity index (χ0) is 21.3. The number of hydrogen-bond donors (Lipinski definition) is 3. The summed E-state index contributed by atoms with van der Waals surface area (Å²) in [5.74, 6) is 0.317. The van der Waals surface area contributed by atoms with E-state index in [9.17, 15) is 9.18 Å². The summed E-state index contributed by atoms with van der Waals surface area (Å²) in [5.41, 5.74) is 3.40. The average molecular weight is 409 g/mol. The maximum absolute atomic E-state index is 13.9. The van der Waals surface area contributed by atoms with Gasteiger partial charge in [-0.1, -0.05) is 0 Å². The molecule has 7 nitrogen and oxygen atoms in total. The van der Waals surface area contributed by atoms with Crippen molar-refractivity contribution in [2.75, 3.05) is 6.61 Å². The molecule has 1 saturated carbocycles. The van der Waals surface area contributed by atoms with Crippen LogP contribution in [0.4, 0.5) is 4.39 Å². The smallest absolute Gasteiger partial charge is 0.255 e. The lowest BCUT2D eigenvalue weighted by atomic mass is 10.1. The summed E-state index contributed by atoms with van der Waals surface area (Å²) in [4.78, 5) is 24.8. The number of rotatable bonds is 8. The summed E-state index contributed by atoms with van der Waals surface area (Å²) in [6, 6.07) is 4.21. The van der Waals surface area contributed by atoms with E-state index in [-0.39, 0.29) is 17.8 Å². The zero-order valence-corrected chi connectivity index (χ0v) is 17.0. The van der Waals surface area contributed by atoms with Crippen molar-refractivity contribution in [2.24, 2.45) is 5.92 Å². The predicted octanol–water partition coefficient (Wildman–Crippen LogP) is 4.02. The zero-order valence-electron chi connectivity index (χ0n) is 17.0. The van der Waals surface area contributed by atoms with Gasteiger partial charge < -0.3 is 20.4 Å². The van der Waals surface area contributed by atoms with Gasteiger partial charge in [-0.2, -0.15) is 0 Å². The van der Waals surface area contributed by atoms with Crippen LogP contribution in [0.1, 0.15) is 42.2 Å². The maximum Gasteiger partial charge on any atom is 0.255 e. The third-order valence-corrected chi connectivity index (χ3v) is 5.22.